The van der Waals surface area contributed by atoms with Crippen molar-refractivity contribution < 1.29 is 9.26 Å². The maximum Gasteiger partial charge on any atom is 0.167 e. The van der Waals surface area contributed by atoms with Crippen LogP contribution in [0.3, 0.4) is 0 Å². The van der Waals surface area contributed by atoms with Gasteiger partial charge in [0, 0.05) is 18.2 Å². The van der Waals surface area contributed by atoms with Crippen LogP contribution >= 0.6 is 0 Å². The highest BCUT2D eigenvalue weighted by atomic mass is 16.5. The van der Waals surface area contributed by atoms with E-state index in [0.29, 0.717) is 13.2 Å². The Morgan fingerprint density at radius 1 is 1.29 bits per heavy atom. The fourth-order valence-corrected chi connectivity index (χ4v) is 1.59. The van der Waals surface area contributed by atoms with Crippen molar-refractivity contribution in [2.24, 2.45) is 0 Å². The minimum atomic E-state index is 0.675. The summed E-state index contributed by atoms with van der Waals surface area (Å²) in [7, 11) is 1.88. The minimum absolute atomic E-state index is 0.675. The van der Waals surface area contributed by atoms with E-state index in [2.05, 4.69) is 10.5 Å². The van der Waals surface area contributed by atoms with Gasteiger partial charge in [-0.15, -0.1) is 0 Å². The summed E-state index contributed by atoms with van der Waals surface area (Å²) in [6.45, 7) is 3.35. The second kappa shape index (κ2) is 5.50. The lowest BCUT2D eigenvalue weighted by molar-refractivity contribution is 0.340. The molecular weight excluding hydrogens is 216 g/mol. The van der Waals surface area contributed by atoms with E-state index in [9.17, 15) is 0 Å². The number of hydrogen-bond acceptors (Lipinski definition) is 4. The first-order chi connectivity index (χ1) is 8.33. The average molecular weight is 232 g/mol. The molecule has 0 bridgehead atoms. The zero-order valence-corrected chi connectivity index (χ0v) is 10.1. The highest BCUT2D eigenvalue weighted by Gasteiger charge is 2.06. The van der Waals surface area contributed by atoms with Gasteiger partial charge in [-0.1, -0.05) is 5.16 Å². The Labute approximate surface area is 101 Å². The molecule has 0 saturated carbocycles. The molecule has 0 aliphatic heterocycles. The Bertz CT molecular complexity index is 463. The van der Waals surface area contributed by atoms with Crippen LogP contribution < -0.4 is 10.1 Å². The van der Waals surface area contributed by atoms with E-state index >= 15 is 0 Å². The summed E-state index contributed by atoms with van der Waals surface area (Å²) in [5.41, 5.74) is 1.90. The van der Waals surface area contributed by atoms with Crippen molar-refractivity contribution in [1.29, 1.82) is 0 Å². The largest absolute Gasteiger partial charge is 0.494 e. The van der Waals surface area contributed by atoms with Crippen LogP contribution in [0.5, 0.6) is 5.75 Å². The highest BCUT2D eigenvalue weighted by Crippen LogP contribution is 2.23. The predicted molar refractivity (Wildman–Crippen MR) is 65.9 cm³/mol. The van der Waals surface area contributed by atoms with Gasteiger partial charge in [-0.25, -0.2) is 0 Å². The SMILES string of the molecule is CCOc1ccc(-c2cc(CNC)no2)cc1. The van der Waals surface area contributed by atoms with Crippen LogP contribution in [0.4, 0.5) is 0 Å². The van der Waals surface area contributed by atoms with Gasteiger partial charge in [0.15, 0.2) is 5.76 Å². The van der Waals surface area contributed by atoms with Gasteiger partial charge >= 0.3 is 0 Å². The van der Waals surface area contributed by atoms with Crippen LogP contribution in [-0.2, 0) is 6.54 Å². The van der Waals surface area contributed by atoms with Crippen LogP contribution in [0, 0.1) is 0 Å². The van der Waals surface area contributed by atoms with Crippen LogP contribution in [-0.4, -0.2) is 18.8 Å². The third kappa shape index (κ3) is 2.85. The van der Waals surface area contributed by atoms with E-state index in [1.165, 1.54) is 0 Å². The van der Waals surface area contributed by atoms with Crippen molar-refractivity contribution in [1.82, 2.24) is 10.5 Å². The Balaban J connectivity index is 2.15. The van der Waals surface area contributed by atoms with E-state index in [4.69, 9.17) is 9.26 Å². The molecule has 1 N–H and O–H groups in total. The summed E-state index contributed by atoms with van der Waals surface area (Å²) in [6.07, 6.45) is 0. The highest BCUT2D eigenvalue weighted by molar-refractivity contribution is 5.58. The fourth-order valence-electron chi connectivity index (χ4n) is 1.59. The molecule has 0 saturated heterocycles. The lowest BCUT2D eigenvalue weighted by Gasteiger charge is -2.02. The summed E-state index contributed by atoms with van der Waals surface area (Å²) in [6, 6.07) is 9.73. The zero-order valence-electron chi connectivity index (χ0n) is 10.1. The number of ether oxygens (including phenoxy) is 1. The van der Waals surface area contributed by atoms with Crippen LogP contribution in [0.15, 0.2) is 34.9 Å². The lowest BCUT2D eigenvalue weighted by atomic mass is 10.1. The third-order valence-corrected chi connectivity index (χ3v) is 2.37. The summed E-state index contributed by atoms with van der Waals surface area (Å²) < 4.78 is 10.7. The molecule has 0 aliphatic rings. The number of aromatic nitrogens is 1. The first-order valence-corrected chi connectivity index (χ1v) is 5.67. The molecular formula is C13H16N2O2. The van der Waals surface area contributed by atoms with Crippen molar-refractivity contribution in [2.45, 2.75) is 13.5 Å². The second-order valence-corrected chi connectivity index (χ2v) is 3.67. The maximum atomic E-state index is 5.38. The lowest BCUT2D eigenvalue weighted by Crippen LogP contribution is -2.04. The molecule has 0 amide bonds. The van der Waals surface area contributed by atoms with E-state index in [0.717, 1.165) is 22.8 Å². The van der Waals surface area contributed by atoms with Gasteiger partial charge < -0.3 is 14.6 Å². The number of rotatable bonds is 5. The molecule has 0 radical (unpaired) electrons. The molecule has 0 atom stereocenters. The summed E-state index contributed by atoms with van der Waals surface area (Å²) >= 11 is 0. The Hall–Kier alpha value is -1.81. The van der Waals surface area contributed by atoms with Gasteiger partial charge in [0.1, 0.15) is 5.75 Å². The third-order valence-electron chi connectivity index (χ3n) is 2.37. The van der Waals surface area contributed by atoms with Crippen molar-refractivity contribution in [3.8, 4) is 17.1 Å². The molecule has 0 fully saturated rings. The Morgan fingerprint density at radius 3 is 2.71 bits per heavy atom. The maximum absolute atomic E-state index is 5.38. The molecule has 90 valence electrons. The minimum Gasteiger partial charge on any atom is -0.494 e. The van der Waals surface area contributed by atoms with Crippen LogP contribution in [0.2, 0.25) is 0 Å². The first-order valence-electron chi connectivity index (χ1n) is 5.67. The van der Waals surface area contributed by atoms with Crippen molar-refractivity contribution in [3.05, 3.63) is 36.0 Å². The van der Waals surface area contributed by atoms with Gasteiger partial charge in [-0.2, -0.15) is 0 Å². The number of nitrogens with one attached hydrogen (secondary N) is 1. The molecule has 1 aromatic heterocycles. The smallest absolute Gasteiger partial charge is 0.167 e. The molecule has 0 unspecified atom stereocenters. The fraction of sp³-hybridized carbons (Fsp3) is 0.308. The normalized spacial score (nSPS) is 10.5. The topological polar surface area (TPSA) is 47.3 Å². The summed E-state index contributed by atoms with van der Waals surface area (Å²) in [5.74, 6) is 1.64. The number of benzene rings is 1. The first kappa shape index (κ1) is 11.7. The predicted octanol–water partition coefficient (Wildman–Crippen LogP) is 2.46. The van der Waals surface area contributed by atoms with Gasteiger partial charge in [0.25, 0.3) is 0 Å². The number of hydrogen-bond donors (Lipinski definition) is 1. The van der Waals surface area contributed by atoms with Crippen molar-refractivity contribution in [2.75, 3.05) is 13.7 Å². The van der Waals surface area contributed by atoms with Gasteiger partial charge in [0.05, 0.1) is 12.3 Å². The van der Waals surface area contributed by atoms with Crippen LogP contribution in [0.1, 0.15) is 12.6 Å². The van der Waals surface area contributed by atoms with Crippen molar-refractivity contribution in [3.63, 3.8) is 0 Å². The molecule has 0 aliphatic carbocycles. The average Bonchev–Trinajstić information content (AvgIpc) is 2.80. The molecule has 17 heavy (non-hydrogen) atoms. The molecule has 2 aromatic rings. The van der Waals surface area contributed by atoms with E-state index < -0.39 is 0 Å². The quantitative estimate of drug-likeness (QED) is 0.860. The Kier molecular flexibility index (Phi) is 3.77. The second-order valence-electron chi connectivity index (χ2n) is 3.67. The van der Waals surface area contributed by atoms with Gasteiger partial charge in [0.2, 0.25) is 0 Å². The van der Waals surface area contributed by atoms with Gasteiger partial charge in [-0.3, -0.25) is 0 Å². The van der Waals surface area contributed by atoms with Crippen LogP contribution in [0.25, 0.3) is 11.3 Å². The van der Waals surface area contributed by atoms with Gasteiger partial charge in [-0.05, 0) is 38.2 Å². The standard InChI is InChI=1S/C13H16N2O2/c1-3-16-12-6-4-10(5-7-12)13-8-11(9-14-2)15-17-13/h4-8,14H,3,9H2,1-2H3. The molecule has 1 heterocycles. The Morgan fingerprint density at radius 2 is 2.06 bits per heavy atom. The number of nitrogens with zero attached hydrogens (tertiary/aromatic N) is 1. The molecule has 1 aromatic carbocycles. The zero-order chi connectivity index (χ0) is 12.1. The van der Waals surface area contributed by atoms with E-state index in [1.807, 2.05) is 44.3 Å². The molecule has 4 heteroatoms. The monoisotopic (exact) mass is 232 g/mol. The molecule has 2 rings (SSSR count). The summed E-state index contributed by atoms with van der Waals surface area (Å²) in [5, 5.41) is 7.00. The summed E-state index contributed by atoms with van der Waals surface area (Å²) in [4.78, 5) is 0. The van der Waals surface area contributed by atoms with Crippen molar-refractivity contribution >= 4 is 0 Å². The van der Waals surface area contributed by atoms with E-state index in [-0.39, 0.29) is 0 Å². The van der Waals surface area contributed by atoms with E-state index in [1.54, 1.807) is 0 Å². The molecule has 4 nitrogen and oxygen atoms in total. The molecule has 0 spiro atoms.